The standard InChI is InChI=1S/C23H27N3O2/c1-17-24-13-14-26(17)20-9-5-18(6-10-20)15-25-22(27)16-28-21-11-7-19(8-12-21)23(2,3)4/h5-14H,15-16H2,1-4H3,(H,25,27). The van der Waals surface area contributed by atoms with Gasteiger partial charge < -0.3 is 14.6 Å². The van der Waals surface area contributed by atoms with Crippen LogP contribution in [0.4, 0.5) is 0 Å². The van der Waals surface area contributed by atoms with Crippen LogP contribution >= 0.6 is 0 Å². The molecular formula is C23H27N3O2. The second-order valence-corrected chi connectivity index (χ2v) is 7.85. The minimum absolute atomic E-state index is 0.00117. The molecule has 0 unspecified atom stereocenters. The molecule has 146 valence electrons. The zero-order chi connectivity index (χ0) is 20.1. The number of hydrogen-bond acceptors (Lipinski definition) is 3. The van der Waals surface area contributed by atoms with Gasteiger partial charge in [0.2, 0.25) is 0 Å². The van der Waals surface area contributed by atoms with E-state index in [1.807, 2.05) is 66.2 Å². The van der Waals surface area contributed by atoms with E-state index in [1.165, 1.54) is 5.56 Å². The first-order chi connectivity index (χ1) is 13.3. The summed E-state index contributed by atoms with van der Waals surface area (Å²) >= 11 is 0. The zero-order valence-corrected chi connectivity index (χ0v) is 16.9. The van der Waals surface area contributed by atoms with Gasteiger partial charge in [-0.05, 0) is 47.7 Å². The van der Waals surface area contributed by atoms with E-state index in [4.69, 9.17) is 4.74 Å². The molecule has 0 fully saturated rings. The highest BCUT2D eigenvalue weighted by Crippen LogP contribution is 2.24. The number of hydrogen-bond donors (Lipinski definition) is 1. The molecule has 1 N–H and O–H groups in total. The Kier molecular flexibility index (Phi) is 5.83. The average Bonchev–Trinajstić information content (AvgIpc) is 3.10. The molecule has 1 aromatic heterocycles. The third kappa shape index (κ3) is 5.00. The number of aryl methyl sites for hydroxylation is 1. The van der Waals surface area contributed by atoms with Crippen LogP contribution in [0.1, 0.15) is 37.7 Å². The third-order valence-corrected chi connectivity index (χ3v) is 4.62. The van der Waals surface area contributed by atoms with E-state index < -0.39 is 0 Å². The van der Waals surface area contributed by atoms with Crippen molar-refractivity contribution in [3.05, 3.63) is 77.9 Å². The summed E-state index contributed by atoms with van der Waals surface area (Å²) in [5, 5.41) is 2.89. The van der Waals surface area contributed by atoms with Gasteiger partial charge in [0.1, 0.15) is 11.6 Å². The molecular weight excluding hydrogens is 350 g/mol. The van der Waals surface area contributed by atoms with Gasteiger partial charge in [0.25, 0.3) is 5.91 Å². The zero-order valence-electron chi connectivity index (χ0n) is 16.9. The first kappa shape index (κ1) is 19.7. The van der Waals surface area contributed by atoms with E-state index in [2.05, 4.69) is 31.1 Å². The Balaban J connectivity index is 1.47. The van der Waals surface area contributed by atoms with Crippen LogP contribution in [-0.4, -0.2) is 22.1 Å². The predicted molar refractivity (Wildman–Crippen MR) is 111 cm³/mol. The number of imidazole rings is 1. The van der Waals surface area contributed by atoms with Gasteiger partial charge in [-0.15, -0.1) is 0 Å². The van der Waals surface area contributed by atoms with Crippen LogP contribution in [0.3, 0.4) is 0 Å². The van der Waals surface area contributed by atoms with E-state index in [-0.39, 0.29) is 17.9 Å². The molecule has 3 aromatic rings. The number of rotatable bonds is 6. The minimum atomic E-state index is -0.144. The molecule has 28 heavy (non-hydrogen) atoms. The highest BCUT2D eigenvalue weighted by Gasteiger charge is 2.13. The Labute approximate surface area is 166 Å². The number of amides is 1. The number of aromatic nitrogens is 2. The molecule has 2 aromatic carbocycles. The molecule has 1 amide bonds. The lowest BCUT2D eigenvalue weighted by Gasteiger charge is -2.19. The SMILES string of the molecule is Cc1nccn1-c1ccc(CNC(=O)COc2ccc(C(C)(C)C)cc2)cc1. The van der Waals surface area contributed by atoms with Gasteiger partial charge in [0, 0.05) is 24.6 Å². The molecule has 0 aliphatic rings. The molecule has 5 heteroatoms. The monoisotopic (exact) mass is 377 g/mol. The molecule has 0 saturated heterocycles. The van der Waals surface area contributed by atoms with Crippen molar-refractivity contribution in [3.8, 4) is 11.4 Å². The minimum Gasteiger partial charge on any atom is -0.484 e. The summed E-state index contributed by atoms with van der Waals surface area (Å²) in [6.07, 6.45) is 3.71. The first-order valence-electron chi connectivity index (χ1n) is 9.42. The number of nitrogens with one attached hydrogen (secondary N) is 1. The number of carbonyl (C=O) groups excluding carboxylic acids is 1. The van der Waals surface area contributed by atoms with Crippen LogP contribution in [0.15, 0.2) is 60.9 Å². The summed E-state index contributed by atoms with van der Waals surface area (Å²) in [6.45, 7) is 8.93. The third-order valence-electron chi connectivity index (χ3n) is 4.62. The quantitative estimate of drug-likeness (QED) is 0.701. The van der Waals surface area contributed by atoms with Crippen molar-refractivity contribution in [1.82, 2.24) is 14.9 Å². The summed E-state index contributed by atoms with van der Waals surface area (Å²) < 4.78 is 7.60. The fourth-order valence-electron chi connectivity index (χ4n) is 2.88. The van der Waals surface area contributed by atoms with Crippen LogP contribution in [-0.2, 0) is 16.8 Å². The normalized spacial score (nSPS) is 11.3. The second kappa shape index (κ2) is 8.30. The van der Waals surface area contributed by atoms with Crippen molar-refractivity contribution < 1.29 is 9.53 Å². The maximum atomic E-state index is 12.1. The Morgan fingerprint density at radius 3 is 2.32 bits per heavy atom. The topological polar surface area (TPSA) is 56.2 Å². The number of nitrogens with zero attached hydrogens (tertiary/aromatic N) is 2. The predicted octanol–water partition coefficient (Wildman–Crippen LogP) is 4.17. The van der Waals surface area contributed by atoms with Crippen LogP contribution in [0, 0.1) is 6.92 Å². The highest BCUT2D eigenvalue weighted by atomic mass is 16.5. The van der Waals surface area contributed by atoms with Crippen LogP contribution in [0.25, 0.3) is 5.69 Å². The summed E-state index contributed by atoms with van der Waals surface area (Å²) in [5.41, 5.74) is 3.41. The Hall–Kier alpha value is -3.08. The van der Waals surface area contributed by atoms with Crippen molar-refractivity contribution in [2.75, 3.05) is 6.61 Å². The van der Waals surface area contributed by atoms with Crippen molar-refractivity contribution in [2.24, 2.45) is 0 Å². The van der Waals surface area contributed by atoms with Gasteiger partial charge in [0.05, 0.1) is 0 Å². The Bertz CT molecular complexity index is 920. The maximum Gasteiger partial charge on any atom is 0.258 e. The van der Waals surface area contributed by atoms with E-state index in [0.29, 0.717) is 12.3 Å². The van der Waals surface area contributed by atoms with Gasteiger partial charge in [-0.3, -0.25) is 4.79 Å². The molecule has 0 saturated carbocycles. The Morgan fingerprint density at radius 1 is 1.07 bits per heavy atom. The van der Waals surface area contributed by atoms with Gasteiger partial charge in [0.15, 0.2) is 6.61 Å². The average molecular weight is 377 g/mol. The van der Waals surface area contributed by atoms with E-state index in [9.17, 15) is 4.79 Å². The molecule has 1 heterocycles. The highest BCUT2D eigenvalue weighted by molar-refractivity contribution is 5.77. The number of benzene rings is 2. The summed E-state index contributed by atoms with van der Waals surface area (Å²) in [6, 6.07) is 15.9. The lowest BCUT2D eigenvalue weighted by molar-refractivity contribution is -0.123. The molecule has 0 aliphatic carbocycles. The molecule has 3 rings (SSSR count). The maximum absolute atomic E-state index is 12.1. The van der Waals surface area contributed by atoms with E-state index >= 15 is 0 Å². The smallest absolute Gasteiger partial charge is 0.258 e. The van der Waals surface area contributed by atoms with Gasteiger partial charge in [-0.2, -0.15) is 0 Å². The van der Waals surface area contributed by atoms with Crippen LogP contribution in [0.2, 0.25) is 0 Å². The molecule has 0 radical (unpaired) electrons. The molecule has 0 bridgehead atoms. The molecule has 0 spiro atoms. The summed E-state index contributed by atoms with van der Waals surface area (Å²) in [4.78, 5) is 16.3. The van der Waals surface area contributed by atoms with Gasteiger partial charge >= 0.3 is 0 Å². The largest absolute Gasteiger partial charge is 0.484 e. The lowest BCUT2D eigenvalue weighted by atomic mass is 9.87. The van der Waals surface area contributed by atoms with E-state index in [0.717, 1.165) is 17.1 Å². The molecule has 5 nitrogen and oxygen atoms in total. The summed E-state index contributed by atoms with van der Waals surface area (Å²) in [5.74, 6) is 1.49. The van der Waals surface area contributed by atoms with Crippen LogP contribution < -0.4 is 10.1 Å². The Morgan fingerprint density at radius 2 is 1.75 bits per heavy atom. The van der Waals surface area contributed by atoms with Crippen molar-refractivity contribution in [3.63, 3.8) is 0 Å². The first-order valence-corrected chi connectivity index (χ1v) is 9.42. The van der Waals surface area contributed by atoms with Crippen molar-refractivity contribution in [1.29, 1.82) is 0 Å². The second-order valence-electron chi connectivity index (χ2n) is 7.85. The fourth-order valence-corrected chi connectivity index (χ4v) is 2.88. The van der Waals surface area contributed by atoms with E-state index in [1.54, 1.807) is 6.20 Å². The molecule has 0 atom stereocenters. The number of ether oxygens (including phenoxy) is 1. The molecule has 0 aliphatic heterocycles. The van der Waals surface area contributed by atoms with Crippen molar-refractivity contribution in [2.45, 2.75) is 39.7 Å². The van der Waals surface area contributed by atoms with Gasteiger partial charge in [-0.25, -0.2) is 4.98 Å². The van der Waals surface area contributed by atoms with Crippen LogP contribution in [0.5, 0.6) is 5.75 Å². The van der Waals surface area contributed by atoms with Gasteiger partial charge in [-0.1, -0.05) is 45.0 Å². The lowest BCUT2D eigenvalue weighted by Crippen LogP contribution is -2.28. The summed E-state index contributed by atoms with van der Waals surface area (Å²) in [7, 11) is 0. The van der Waals surface area contributed by atoms with Crippen molar-refractivity contribution >= 4 is 5.91 Å². The fraction of sp³-hybridized carbons (Fsp3) is 0.304. The number of carbonyl (C=O) groups is 1.